The summed E-state index contributed by atoms with van der Waals surface area (Å²) in [6.07, 6.45) is 5.81. The minimum Gasteiger partial charge on any atom is -0.324 e. The van der Waals surface area contributed by atoms with Crippen LogP contribution in [-0.4, -0.2) is 24.5 Å². The first kappa shape index (κ1) is 19.5. The number of fused-ring (bicyclic) bond motifs is 1. The number of anilines is 1. The molecule has 1 aliphatic rings. The molecule has 6 nitrogen and oxygen atoms in total. The van der Waals surface area contributed by atoms with E-state index in [1.54, 1.807) is 6.33 Å². The van der Waals surface area contributed by atoms with Crippen LogP contribution in [0.4, 0.5) is 5.95 Å². The van der Waals surface area contributed by atoms with Crippen LogP contribution in [0.15, 0.2) is 104 Å². The molecule has 3 aromatic carbocycles. The number of hydrogen-bond donors (Lipinski definition) is 1. The molecule has 0 unspecified atom stereocenters. The summed E-state index contributed by atoms with van der Waals surface area (Å²) < 4.78 is 3.80. The van der Waals surface area contributed by atoms with E-state index in [1.807, 2.05) is 82.2 Å². The van der Waals surface area contributed by atoms with E-state index in [9.17, 15) is 0 Å². The molecular formula is C26H19ClN6. The van der Waals surface area contributed by atoms with Gasteiger partial charge in [-0.2, -0.15) is 15.2 Å². The van der Waals surface area contributed by atoms with Crippen molar-refractivity contribution in [1.29, 1.82) is 0 Å². The molecule has 1 aliphatic heterocycles. The van der Waals surface area contributed by atoms with Crippen molar-refractivity contribution in [2.45, 2.75) is 6.04 Å². The molecule has 0 radical (unpaired) electrons. The van der Waals surface area contributed by atoms with Gasteiger partial charge in [-0.25, -0.2) is 9.36 Å². The summed E-state index contributed by atoms with van der Waals surface area (Å²) >= 11 is 6.16. The van der Waals surface area contributed by atoms with E-state index in [1.165, 1.54) is 0 Å². The van der Waals surface area contributed by atoms with Gasteiger partial charge in [-0.15, -0.1) is 0 Å². The van der Waals surface area contributed by atoms with E-state index in [2.05, 4.69) is 39.8 Å². The van der Waals surface area contributed by atoms with Crippen molar-refractivity contribution < 1.29 is 0 Å². The third-order valence-electron chi connectivity index (χ3n) is 5.69. The van der Waals surface area contributed by atoms with E-state index < -0.39 is 0 Å². The van der Waals surface area contributed by atoms with Gasteiger partial charge >= 0.3 is 0 Å². The molecule has 0 bridgehead atoms. The van der Waals surface area contributed by atoms with Gasteiger partial charge in [0, 0.05) is 28.0 Å². The maximum absolute atomic E-state index is 6.16. The lowest BCUT2D eigenvalue weighted by Crippen LogP contribution is -2.20. The van der Waals surface area contributed by atoms with Crippen molar-refractivity contribution in [3.05, 3.63) is 120 Å². The Bertz CT molecular complexity index is 1440. The minimum atomic E-state index is -0.193. The van der Waals surface area contributed by atoms with Crippen molar-refractivity contribution in [3.63, 3.8) is 0 Å². The van der Waals surface area contributed by atoms with Crippen LogP contribution in [0, 0.1) is 0 Å². The topological polar surface area (TPSA) is 60.6 Å². The molecule has 2 aromatic heterocycles. The summed E-state index contributed by atoms with van der Waals surface area (Å²) in [4.78, 5) is 4.44. The highest BCUT2D eigenvalue weighted by Gasteiger charge is 2.28. The fourth-order valence-electron chi connectivity index (χ4n) is 4.09. The van der Waals surface area contributed by atoms with Crippen molar-refractivity contribution in [1.82, 2.24) is 24.5 Å². The Kier molecular flexibility index (Phi) is 4.78. The van der Waals surface area contributed by atoms with Gasteiger partial charge in [0.1, 0.15) is 12.4 Å². The molecule has 0 fully saturated rings. The molecule has 160 valence electrons. The number of rotatable bonds is 4. The Morgan fingerprint density at radius 3 is 2.30 bits per heavy atom. The zero-order valence-electron chi connectivity index (χ0n) is 17.5. The summed E-state index contributed by atoms with van der Waals surface area (Å²) in [6, 6.07) is 27.9. The van der Waals surface area contributed by atoms with Crippen molar-refractivity contribution >= 4 is 23.2 Å². The van der Waals surface area contributed by atoms with Crippen LogP contribution in [0.1, 0.15) is 17.2 Å². The lowest BCUT2D eigenvalue weighted by Gasteiger charge is -2.24. The van der Waals surface area contributed by atoms with Crippen molar-refractivity contribution in [2.75, 3.05) is 5.32 Å². The number of halogens is 1. The zero-order valence-corrected chi connectivity index (χ0v) is 18.3. The monoisotopic (exact) mass is 450 g/mol. The second-order valence-corrected chi connectivity index (χ2v) is 8.20. The molecule has 1 atom stereocenters. The number of aromatic nitrogens is 5. The Balaban J connectivity index is 1.55. The molecule has 0 saturated carbocycles. The summed E-state index contributed by atoms with van der Waals surface area (Å²) in [7, 11) is 0. The Hall–Kier alpha value is -4.16. The van der Waals surface area contributed by atoms with E-state index in [-0.39, 0.29) is 6.04 Å². The van der Waals surface area contributed by atoms with E-state index in [0.29, 0.717) is 11.0 Å². The number of nitrogens with one attached hydrogen (secondary N) is 1. The predicted molar refractivity (Wildman–Crippen MR) is 130 cm³/mol. The molecular weight excluding hydrogens is 432 g/mol. The first-order chi connectivity index (χ1) is 16.3. The van der Waals surface area contributed by atoms with Crippen LogP contribution >= 0.6 is 11.6 Å². The molecule has 0 aliphatic carbocycles. The van der Waals surface area contributed by atoms with Gasteiger partial charge in [0.25, 0.3) is 0 Å². The van der Waals surface area contributed by atoms with Crippen LogP contribution in [0.25, 0.3) is 22.6 Å². The maximum Gasteiger partial charge on any atom is 0.226 e. The van der Waals surface area contributed by atoms with Gasteiger partial charge in [0.2, 0.25) is 5.95 Å². The quantitative estimate of drug-likeness (QED) is 0.373. The SMILES string of the molecule is Clc1ccc(-c2nn(-c3ccccc3)cc2[C@H]2C=C(c3ccccc3)Nc3ncnn32)cc1. The Labute approximate surface area is 195 Å². The van der Waals surface area contributed by atoms with Crippen molar-refractivity contribution in [3.8, 4) is 16.9 Å². The molecule has 7 heteroatoms. The van der Waals surface area contributed by atoms with Gasteiger partial charge in [-0.05, 0) is 35.9 Å². The second kappa shape index (κ2) is 8.07. The van der Waals surface area contributed by atoms with Gasteiger partial charge < -0.3 is 5.32 Å². The molecule has 0 amide bonds. The smallest absolute Gasteiger partial charge is 0.226 e. The predicted octanol–water partition coefficient (Wildman–Crippen LogP) is 5.84. The van der Waals surface area contributed by atoms with E-state index in [0.717, 1.165) is 33.8 Å². The highest BCUT2D eigenvalue weighted by atomic mass is 35.5. The van der Waals surface area contributed by atoms with Gasteiger partial charge in [0.05, 0.1) is 11.4 Å². The van der Waals surface area contributed by atoms with Gasteiger partial charge in [0.15, 0.2) is 0 Å². The first-order valence-corrected chi connectivity index (χ1v) is 11.0. The molecule has 6 rings (SSSR count). The molecule has 0 spiro atoms. The normalized spacial score (nSPS) is 14.9. The van der Waals surface area contributed by atoms with E-state index in [4.69, 9.17) is 16.7 Å². The van der Waals surface area contributed by atoms with Crippen LogP contribution in [-0.2, 0) is 0 Å². The molecule has 33 heavy (non-hydrogen) atoms. The number of benzene rings is 3. The first-order valence-electron chi connectivity index (χ1n) is 10.6. The van der Waals surface area contributed by atoms with Crippen LogP contribution in [0.2, 0.25) is 5.02 Å². The average Bonchev–Trinajstić information content (AvgIpc) is 3.53. The second-order valence-electron chi connectivity index (χ2n) is 7.76. The number of allylic oxidation sites excluding steroid dienone is 1. The molecule has 5 aromatic rings. The molecule has 0 saturated heterocycles. The summed E-state index contributed by atoms with van der Waals surface area (Å²) in [5.41, 5.74) is 5.92. The summed E-state index contributed by atoms with van der Waals surface area (Å²) in [6.45, 7) is 0. The zero-order chi connectivity index (χ0) is 22.2. The third kappa shape index (κ3) is 3.60. The fourth-order valence-corrected chi connectivity index (χ4v) is 4.22. The fraction of sp³-hybridized carbons (Fsp3) is 0.0385. The highest BCUT2D eigenvalue weighted by molar-refractivity contribution is 6.30. The third-order valence-corrected chi connectivity index (χ3v) is 5.94. The maximum atomic E-state index is 6.16. The largest absolute Gasteiger partial charge is 0.324 e. The average molecular weight is 451 g/mol. The Morgan fingerprint density at radius 2 is 1.55 bits per heavy atom. The molecule has 3 heterocycles. The van der Waals surface area contributed by atoms with Crippen molar-refractivity contribution in [2.24, 2.45) is 0 Å². The highest BCUT2D eigenvalue weighted by Crippen LogP contribution is 2.37. The van der Waals surface area contributed by atoms with Crippen LogP contribution in [0.3, 0.4) is 0 Å². The summed E-state index contributed by atoms with van der Waals surface area (Å²) in [5.74, 6) is 0.691. The van der Waals surface area contributed by atoms with Gasteiger partial charge in [-0.1, -0.05) is 72.3 Å². The lowest BCUT2D eigenvalue weighted by molar-refractivity contribution is 0.612. The number of hydrogen-bond acceptors (Lipinski definition) is 4. The standard InChI is InChI=1S/C26H19ClN6/c27-20-13-11-19(12-14-20)25-22(16-32(31-25)21-9-5-2-6-10-21)24-15-23(18-7-3-1-4-8-18)30-26-28-17-29-33(24)26/h1-17,24H,(H,28,29,30)/t24-/m1/s1. The minimum absolute atomic E-state index is 0.193. The molecule has 1 N–H and O–H groups in total. The lowest BCUT2D eigenvalue weighted by atomic mass is 9.99. The van der Waals surface area contributed by atoms with Crippen LogP contribution in [0.5, 0.6) is 0 Å². The van der Waals surface area contributed by atoms with Gasteiger partial charge in [-0.3, -0.25) is 0 Å². The number of para-hydroxylation sites is 1. The van der Waals surface area contributed by atoms with Crippen LogP contribution < -0.4 is 5.32 Å². The number of nitrogens with zero attached hydrogens (tertiary/aromatic N) is 5. The van der Waals surface area contributed by atoms with E-state index >= 15 is 0 Å². The summed E-state index contributed by atoms with van der Waals surface area (Å²) in [5, 5.41) is 13.6. The Morgan fingerprint density at radius 1 is 0.818 bits per heavy atom.